The minimum Gasteiger partial charge on any atom is -0.324 e. The highest BCUT2D eigenvalue weighted by Crippen LogP contribution is 2.31. The number of amides is 2. The molecule has 1 N–H and O–H groups in total. The first kappa shape index (κ1) is 19.3. The summed E-state index contributed by atoms with van der Waals surface area (Å²) in [4.78, 5) is 28.5. The zero-order chi connectivity index (χ0) is 19.6. The van der Waals surface area contributed by atoms with Gasteiger partial charge in [-0.1, -0.05) is 29.8 Å². The Hall–Kier alpha value is -2.44. The molecular formula is C20H21ClFN3O2. The zero-order valence-electron chi connectivity index (χ0n) is 15.2. The van der Waals surface area contributed by atoms with Crippen molar-refractivity contribution in [1.82, 2.24) is 4.90 Å². The van der Waals surface area contributed by atoms with Crippen LogP contribution in [0.15, 0.2) is 42.5 Å². The molecule has 0 saturated heterocycles. The van der Waals surface area contributed by atoms with Gasteiger partial charge < -0.3 is 10.2 Å². The Kier molecular flexibility index (Phi) is 5.77. The van der Waals surface area contributed by atoms with E-state index in [1.165, 1.54) is 12.1 Å². The van der Waals surface area contributed by atoms with Crippen LogP contribution in [0.2, 0.25) is 5.02 Å². The van der Waals surface area contributed by atoms with E-state index < -0.39 is 5.82 Å². The number of rotatable bonds is 4. The second-order valence-electron chi connectivity index (χ2n) is 6.79. The van der Waals surface area contributed by atoms with Crippen LogP contribution < -0.4 is 10.2 Å². The van der Waals surface area contributed by atoms with Gasteiger partial charge in [-0.2, -0.15) is 0 Å². The number of hydrogen-bond acceptors (Lipinski definition) is 3. The lowest BCUT2D eigenvalue weighted by Gasteiger charge is -2.29. The summed E-state index contributed by atoms with van der Waals surface area (Å²) in [6, 6.07) is 11.2. The predicted molar refractivity (Wildman–Crippen MR) is 104 cm³/mol. The number of halogens is 2. The van der Waals surface area contributed by atoms with Gasteiger partial charge in [0, 0.05) is 24.0 Å². The first-order valence-electron chi connectivity index (χ1n) is 8.68. The van der Waals surface area contributed by atoms with Crippen LogP contribution in [0.1, 0.15) is 18.9 Å². The summed E-state index contributed by atoms with van der Waals surface area (Å²) < 4.78 is 13.2. The molecule has 1 atom stereocenters. The lowest BCUT2D eigenvalue weighted by molar-refractivity contribution is -0.120. The SMILES string of the molecule is C[C@@H]1CC(=O)Nc2ccccc2N1C(=O)CN(C)Cc1ccc(F)cc1Cl. The summed E-state index contributed by atoms with van der Waals surface area (Å²) in [5, 5.41) is 3.18. The van der Waals surface area contributed by atoms with Crippen molar-refractivity contribution >= 4 is 34.8 Å². The van der Waals surface area contributed by atoms with Gasteiger partial charge in [-0.15, -0.1) is 0 Å². The number of para-hydroxylation sites is 2. The Balaban J connectivity index is 1.77. The average Bonchev–Trinajstić information content (AvgIpc) is 2.71. The number of fused-ring (bicyclic) bond motifs is 1. The van der Waals surface area contributed by atoms with E-state index in [-0.39, 0.29) is 30.8 Å². The topological polar surface area (TPSA) is 52.7 Å². The van der Waals surface area contributed by atoms with Crippen LogP contribution in [0.5, 0.6) is 0 Å². The van der Waals surface area contributed by atoms with Crippen LogP contribution in [0, 0.1) is 5.82 Å². The fourth-order valence-electron chi connectivity index (χ4n) is 3.27. The number of hydrogen-bond donors (Lipinski definition) is 1. The zero-order valence-corrected chi connectivity index (χ0v) is 16.0. The fraction of sp³-hybridized carbons (Fsp3) is 0.300. The van der Waals surface area contributed by atoms with Crippen molar-refractivity contribution in [2.24, 2.45) is 0 Å². The molecule has 3 rings (SSSR count). The van der Waals surface area contributed by atoms with Crippen molar-refractivity contribution in [1.29, 1.82) is 0 Å². The van der Waals surface area contributed by atoms with Crippen molar-refractivity contribution in [3.05, 3.63) is 58.9 Å². The third-order valence-corrected chi connectivity index (χ3v) is 4.84. The number of anilines is 2. The minimum absolute atomic E-state index is 0.114. The summed E-state index contributed by atoms with van der Waals surface area (Å²) >= 11 is 6.08. The lowest BCUT2D eigenvalue weighted by atomic mass is 10.1. The van der Waals surface area contributed by atoms with Crippen molar-refractivity contribution < 1.29 is 14.0 Å². The second-order valence-corrected chi connectivity index (χ2v) is 7.20. The van der Waals surface area contributed by atoms with Crippen LogP contribution in [-0.4, -0.2) is 36.3 Å². The third kappa shape index (κ3) is 4.46. The van der Waals surface area contributed by atoms with E-state index in [2.05, 4.69) is 5.32 Å². The molecular weight excluding hydrogens is 369 g/mol. The molecule has 142 valence electrons. The smallest absolute Gasteiger partial charge is 0.241 e. The van der Waals surface area contributed by atoms with Gasteiger partial charge in [0.2, 0.25) is 11.8 Å². The van der Waals surface area contributed by atoms with E-state index in [0.29, 0.717) is 22.9 Å². The average molecular weight is 390 g/mol. The number of nitrogens with zero attached hydrogens (tertiary/aromatic N) is 2. The number of carbonyl (C=O) groups is 2. The summed E-state index contributed by atoms with van der Waals surface area (Å²) in [5.74, 6) is -0.626. The molecule has 1 heterocycles. The number of benzene rings is 2. The van der Waals surface area contributed by atoms with Gasteiger partial charge in [0.15, 0.2) is 0 Å². The van der Waals surface area contributed by atoms with Crippen LogP contribution in [0.25, 0.3) is 0 Å². The van der Waals surface area contributed by atoms with Crippen LogP contribution in [0.4, 0.5) is 15.8 Å². The van der Waals surface area contributed by atoms with E-state index in [1.807, 2.05) is 30.0 Å². The summed E-state index contributed by atoms with van der Waals surface area (Å²) in [7, 11) is 1.80. The maximum Gasteiger partial charge on any atom is 0.241 e. The molecule has 1 aliphatic heterocycles. The summed E-state index contributed by atoms with van der Waals surface area (Å²) in [5.41, 5.74) is 2.06. The second kappa shape index (κ2) is 8.06. The van der Waals surface area contributed by atoms with E-state index in [9.17, 15) is 14.0 Å². The van der Waals surface area contributed by atoms with Gasteiger partial charge in [0.25, 0.3) is 0 Å². The monoisotopic (exact) mass is 389 g/mol. The standard InChI is InChI=1S/C20H21ClFN3O2/c1-13-9-19(26)23-17-5-3-4-6-18(17)25(13)20(27)12-24(2)11-14-7-8-15(22)10-16(14)21/h3-8,10,13H,9,11-12H2,1-2H3,(H,23,26)/t13-/m1/s1. The minimum atomic E-state index is -0.394. The number of likely N-dealkylation sites (N-methyl/N-ethyl adjacent to an activating group) is 1. The third-order valence-electron chi connectivity index (χ3n) is 4.49. The molecule has 7 heteroatoms. The normalized spacial score (nSPS) is 16.7. The Bertz CT molecular complexity index is 874. The van der Waals surface area contributed by atoms with Gasteiger partial charge in [-0.25, -0.2) is 4.39 Å². The molecule has 0 radical (unpaired) electrons. The quantitative estimate of drug-likeness (QED) is 0.867. The highest BCUT2D eigenvalue weighted by atomic mass is 35.5. The van der Waals surface area contributed by atoms with Crippen LogP contribution in [-0.2, 0) is 16.1 Å². The number of carbonyl (C=O) groups excluding carboxylic acids is 2. The Morgan fingerprint density at radius 3 is 2.81 bits per heavy atom. The van der Waals surface area contributed by atoms with Crippen molar-refractivity contribution in [3.8, 4) is 0 Å². The fourth-order valence-corrected chi connectivity index (χ4v) is 3.50. The highest BCUT2D eigenvalue weighted by molar-refractivity contribution is 6.31. The van der Waals surface area contributed by atoms with E-state index >= 15 is 0 Å². The largest absolute Gasteiger partial charge is 0.324 e. The molecule has 2 aromatic carbocycles. The maximum atomic E-state index is 13.2. The molecule has 0 saturated carbocycles. The molecule has 2 amide bonds. The molecule has 0 fully saturated rings. The molecule has 0 spiro atoms. The molecule has 1 aliphatic rings. The van der Waals surface area contributed by atoms with Crippen molar-refractivity contribution in [3.63, 3.8) is 0 Å². The first-order valence-corrected chi connectivity index (χ1v) is 9.06. The van der Waals surface area contributed by atoms with E-state index in [0.717, 1.165) is 5.56 Å². The van der Waals surface area contributed by atoms with Crippen LogP contribution >= 0.6 is 11.6 Å². The van der Waals surface area contributed by atoms with Gasteiger partial charge in [0.1, 0.15) is 5.82 Å². The maximum absolute atomic E-state index is 13.2. The summed E-state index contributed by atoms with van der Waals surface area (Å²) in [6.07, 6.45) is 0.230. The first-order chi connectivity index (χ1) is 12.8. The molecule has 0 aliphatic carbocycles. The van der Waals surface area contributed by atoms with Gasteiger partial charge >= 0.3 is 0 Å². The Morgan fingerprint density at radius 2 is 2.07 bits per heavy atom. The van der Waals surface area contributed by atoms with Gasteiger partial charge in [0.05, 0.1) is 17.9 Å². The van der Waals surface area contributed by atoms with E-state index in [1.54, 1.807) is 24.1 Å². The molecule has 27 heavy (non-hydrogen) atoms. The molecule has 2 aromatic rings. The van der Waals surface area contributed by atoms with Crippen molar-refractivity contribution in [2.45, 2.75) is 25.9 Å². The van der Waals surface area contributed by atoms with Crippen molar-refractivity contribution in [2.75, 3.05) is 23.8 Å². The van der Waals surface area contributed by atoms with Gasteiger partial charge in [-0.3, -0.25) is 14.5 Å². The molecule has 5 nitrogen and oxygen atoms in total. The highest BCUT2D eigenvalue weighted by Gasteiger charge is 2.29. The predicted octanol–water partition coefficient (Wildman–Crippen LogP) is 3.67. The molecule has 0 bridgehead atoms. The van der Waals surface area contributed by atoms with Crippen LogP contribution in [0.3, 0.4) is 0 Å². The molecule has 0 aromatic heterocycles. The summed E-state index contributed by atoms with van der Waals surface area (Å²) in [6.45, 7) is 2.41. The lowest BCUT2D eigenvalue weighted by Crippen LogP contribution is -2.44. The number of nitrogens with one attached hydrogen (secondary N) is 1. The van der Waals surface area contributed by atoms with E-state index in [4.69, 9.17) is 11.6 Å². The Labute approximate surface area is 162 Å². The molecule has 0 unspecified atom stereocenters. The Morgan fingerprint density at radius 1 is 1.33 bits per heavy atom. The van der Waals surface area contributed by atoms with Gasteiger partial charge in [-0.05, 0) is 43.8 Å².